The van der Waals surface area contributed by atoms with Crippen LogP contribution in [0.5, 0.6) is 0 Å². The van der Waals surface area contributed by atoms with Gasteiger partial charge in [-0.2, -0.15) is 0 Å². The monoisotopic (exact) mass is 558 g/mol. The molecule has 1 aromatic carbocycles. The minimum Gasteiger partial charge on any atom is -0.497 e. The Hall–Kier alpha value is -3.22. The normalized spacial score (nSPS) is 30.8. The highest BCUT2D eigenvalue weighted by Gasteiger charge is 2.51. The van der Waals surface area contributed by atoms with Gasteiger partial charge in [0.15, 0.2) is 16.1 Å². The Balaban J connectivity index is 1.08. The molecule has 4 aliphatic heterocycles. The van der Waals surface area contributed by atoms with Crippen molar-refractivity contribution in [3.63, 3.8) is 0 Å². The molecule has 1 N–H and O–H groups in total. The Labute approximate surface area is 226 Å². The van der Waals surface area contributed by atoms with Crippen LogP contribution in [-0.2, 0) is 28.8 Å². The van der Waals surface area contributed by atoms with Crippen molar-refractivity contribution >= 4 is 32.8 Å². The molecular weight excluding hydrogens is 527 g/mol. The second-order valence-corrected chi connectivity index (χ2v) is 12.6. The number of morpholine rings is 1. The zero-order valence-corrected chi connectivity index (χ0v) is 22.6. The van der Waals surface area contributed by atoms with E-state index in [9.17, 15) is 13.2 Å². The Morgan fingerprint density at radius 1 is 1.23 bits per heavy atom. The van der Waals surface area contributed by atoms with Gasteiger partial charge in [-0.25, -0.2) is 12.8 Å². The number of carbonyl (C=O) groups is 1. The minimum absolute atomic E-state index is 0.0115. The average molecular weight is 559 g/mol. The number of nitrogens with one attached hydrogen (secondary N) is 1. The first-order chi connectivity index (χ1) is 18.7. The van der Waals surface area contributed by atoms with Crippen molar-refractivity contribution in [1.82, 2.24) is 5.32 Å². The SMILES string of the molecule is COC1=CC2N=C(C)C(C(=O)NC[C@H]3CN(c4ccc(N5CCS(=O)(=O)CC5)c(F)c4)C4OC4O3)=CC2C=C1. The number of rotatable bonds is 6. The summed E-state index contributed by atoms with van der Waals surface area (Å²) >= 11 is 0. The van der Waals surface area contributed by atoms with Crippen LogP contribution in [0.2, 0.25) is 0 Å². The molecule has 10 nitrogen and oxygen atoms in total. The van der Waals surface area contributed by atoms with Crippen LogP contribution in [0, 0.1) is 11.7 Å². The number of dihydropyridines is 1. The lowest BCUT2D eigenvalue weighted by Gasteiger charge is -2.33. The van der Waals surface area contributed by atoms with Crippen molar-refractivity contribution in [2.75, 3.05) is 54.6 Å². The van der Waals surface area contributed by atoms with Crippen LogP contribution in [0.3, 0.4) is 0 Å². The summed E-state index contributed by atoms with van der Waals surface area (Å²) in [6, 6.07) is 4.85. The van der Waals surface area contributed by atoms with E-state index in [1.807, 2.05) is 42.2 Å². The maximum atomic E-state index is 15.1. The van der Waals surface area contributed by atoms with Crippen molar-refractivity contribution in [1.29, 1.82) is 0 Å². The first kappa shape index (κ1) is 26.0. The van der Waals surface area contributed by atoms with Gasteiger partial charge in [-0.3, -0.25) is 9.79 Å². The smallest absolute Gasteiger partial charge is 0.252 e. The molecule has 4 heterocycles. The van der Waals surface area contributed by atoms with Crippen LogP contribution < -0.4 is 15.1 Å². The van der Waals surface area contributed by atoms with Gasteiger partial charge >= 0.3 is 0 Å². The van der Waals surface area contributed by atoms with Crippen molar-refractivity contribution < 1.29 is 31.8 Å². The van der Waals surface area contributed by atoms with Crippen molar-refractivity contribution in [3.8, 4) is 0 Å². The lowest BCUT2D eigenvalue weighted by atomic mass is 9.88. The highest BCUT2D eigenvalue weighted by molar-refractivity contribution is 7.91. The predicted octanol–water partition coefficient (Wildman–Crippen LogP) is 1.55. The number of nitrogens with zero attached hydrogens (tertiary/aromatic N) is 3. The van der Waals surface area contributed by atoms with E-state index in [-0.39, 0.29) is 61.3 Å². The topological polar surface area (TPSA) is 113 Å². The number of amides is 1. The molecule has 1 aliphatic carbocycles. The molecule has 0 bridgehead atoms. The number of carbonyl (C=O) groups excluding carboxylic acids is 1. The summed E-state index contributed by atoms with van der Waals surface area (Å²) in [7, 11) is -1.44. The van der Waals surface area contributed by atoms with E-state index in [1.54, 1.807) is 18.1 Å². The lowest BCUT2D eigenvalue weighted by molar-refractivity contribution is -0.118. The van der Waals surface area contributed by atoms with Gasteiger partial charge < -0.3 is 29.3 Å². The van der Waals surface area contributed by atoms with E-state index in [2.05, 4.69) is 10.3 Å². The van der Waals surface area contributed by atoms with Crippen molar-refractivity contribution in [2.45, 2.75) is 31.6 Å². The van der Waals surface area contributed by atoms with Crippen molar-refractivity contribution in [3.05, 3.63) is 59.7 Å². The second-order valence-electron chi connectivity index (χ2n) is 10.3. The van der Waals surface area contributed by atoms with E-state index in [4.69, 9.17) is 14.2 Å². The molecule has 5 aliphatic rings. The fraction of sp³-hybridized carbons (Fsp3) is 0.481. The number of fused-ring (bicyclic) bond motifs is 2. The summed E-state index contributed by atoms with van der Waals surface area (Å²) < 4.78 is 55.4. The highest BCUT2D eigenvalue weighted by Crippen LogP contribution is 2.38. The van der Waals surface area contributed by atoms with Gasteiger partial charge in [-0.1, -0.05) is 12.2 Å². The number of halogens is 1. The number of aliphatic imine (C=N–C) groups is 1. The number of sulfone groups is 1. The molecule has 1 aromatic rings. The van der Waals surface area contributed by atoms with Crippen LogP contribution in [-0.4, -0.2) is 89.5 Å². The molecule has 3 fully saturated rings. The quantitative estimate of drug-likeness (QED) is 0.524. The number of epoxide rings is 1. The third-order valence-electron chi connectivity index (χ3n) is 7.69. The molecule has 0 spiro atoms. The summed E-state index contributed by atoms with van der Waals surface area (Å²) in [5.41, 5.74) is 2.23. The van der Waals surface area contributed by atoms with E-state index in [0.717, 1.165) is 5.76 Å². The molecule has 0 radical (unpaired) electrons. The summed E-state index contributed by atoms with van der Waals surface area (Å²) in [5.74, 6) is 0.149. The molecule has 208 valence electrons. The average Bonchev–Trinajstić information content (AvgIpc) is 3.70. The van der Waals surface area contributed by atoms with E-state index in [1.165, 1.54) is 6.07 Å². The first-order valence-corrected chi connectivity index (χ1v) is 14.8. The molecular formula is C27H31FN4O6S. The number of allylic oxidation sites excluding steroid dienone is 1. The van der Waals surface area contributed by atoms with Gasteiger partial charge in [0.05, 0.1) is 42.0 Å². The minimum atomic E-state index is -3.05. The molecule has 6 rings (SSSR count). The molecule has 3 saturated heterocycles. The van der Waals surface area contributed by atoms with Crippen LogP contribution in [0.15, 0.2) is 58.8 Å². The Morgan fingerprint density at radius 3 is 2.77 bits per heavy atom. The maximum absolute atomic E-state index is 15.1. The third-order valence-corrected chi connectivity index (χ3v) is 9.30. The third kappa shape index (κ3) is 5.32. The van der Waals surface area contributed by atoms with Gasteiger partial charge in [0.2, 0.25) is 6.29 Å². The van der Waals surface area contributed by atoms with Crippen molar-refractivity contribution in [2.24, 2.45) is 10.9 Å². The fourth-order valence-electron chi connectivity index (χ4n) is 5.43. The van der Waals surface area contributed by atoms with Crippen LogP contribution >= 0.6 is 0 Å². The first-order valence-electron chi connectivity index (χ1n) is 13.0. The number of methoxy groups -OCH3 is 1. The Kier molecular flexibility index (Phi) is 6.72. The van der Waals surface area contributed by atoms with Crippen LogP contribution in [0.4, 0.5) is 15.8 Å². The molecule has 0 saturated carbocycles. The summed E-state index contributed by atoms with van der Waals surface area (Å²) in [4.78, 5) is 21.4. The molecule has 39 heavy (non-hydrogen) atoms. The standard InChI is InChI=1S/C27H31FN4O6S/c1-16-21(11-17-3-5-19(36-2)13-23(17)30-16)25(33)29-14-20-15-32(26-27(37-20)38-26)18-4-6-24(22(28)12-18)31-7-9-39(34,35)10-8-31/h3-6,11-13,17,20,23,26-27H,7-10,14-15H2,1-2H3,(H,29,33)/t17?,20-,23?,26?,27?/m0/s1. The lowest BCUT2D eigenvalue weighted by Crippen LogP contribution is -2.48. The maximum Gasteiger partial charge on any atom is 0.252 e. The number of hydrogen-bond acceptors (Lipinski definition) is 9. The van der Waals surface area contributed by atoms with Gasteiger partial charge in [0.1, 0.15) is 11.6 Å². The van der Waals surface area contributed by atoms with E-state index >= 15 is 4.39 Å². The van der Waals surface area contributed by atoms with Gasteiger partial charge in [-0.15, -0.1) is 0 Å². The van der Waals surface area contributed by atoms with E-state index in [0.29, 0.717) is 29.2 Å². The van der Waals surface area contributed by atoms with Gasteiger partial charge in [0, 0.05) is 43.5 Å². The fourth-order valence-corrected chi connectivity index (χ4v) is 6.63. The number of benzene rings is 1. The number of hydrogen-bond donors (Lipinski definition) is 1. The molecule has 1 amide bonds. The van der Waals surface area contributed by atoms with Gasteiger partial charge in [-0.05, 0) is 37.3 Å². The Morgan fingerprint density at radius 2 is 2.03 bits per heavy atom. The van der Waals surface area contributed by atoms with Crippen LogP contribution in [0.1, 0.15) is 6.92 Å². The molecule has 12 heteroatoms. The van der Waals surface area contributed by atoms with Crippen LogP contribution in [0.25, 0.3) is 0 Å². The summed E-state index contributed by atoms with van der Waals surface area (Å²) in [6.07, 6.45) is 6.63. The largest absolute Gasteiger partial charge is 0.497 e. The molecule has 4 unspecified atom stereocenters. The number of anilines is 2. The zero-order chi connectivity index (χ0) is 27.3. The number of ether oxygens (including phenoxy) is 3. The van der Waals surface area contributed by atoms with E-state index < -0.39 is 21.9 Å². The predicted molar refractivity (Wildman–Crippen MR) is 144 cm³/mol. The second kappa shape index (κ2) is 10.1. The molecule has 0 aromatic heterocycles. The highest BCUT2D eigenvalue weighted by atomic mass is 32.2. The zero-order valence-electron chi connectivity index (χ0n) is 21.7. The Bertz CT molecular complexity index is 1390. The van der Waals surface area contributed by atoms with Gasteiger partial charge in [0.25, 0.3) is 5.91 Å². The summed E-state index contributed by atoms with van der Waals surface area (Å²) in [6.45, 7) is 3.03. The summed E-state index contributed by atoms with van der Waals surface area (Å²) in [5, 5.41) is 2.96. The molecule has 5 atom stereocenters.